The average molecular weight is 248 g/mol. The Morgan fingerprint density at radius 2 is 2.17 bits per heavy atom. The molecule has 5 nitrogen and oxygen atoms in total. The summed E-state index contributed by atoms with van der Waals surface area (Å²) in [5.74, 6) is 0.843. The van der Waals surface area contributed by atoms with Crippen molar-refractivity contribution in [1.82, 2.24) is 20.3 Å². The molecule has 0 aliphatic carbocycles. The van der Waals surface area contributed by atoms with E-state index < -0.39 is 0 Å². The second kappa shape index (κ2) is 5.35. The van der Waals surface area contributed by atoms with E-state index in [0.29, 0.717) is 18.6 Å². The minimum Gasteiger partial charge on any atom is -0.361 e. The third-order valence-electron chi connectivity index (χ3n) is 3.15. The Morgan fingerprint density at radius 3 is 2.72 bits per heavy atom. The second-order valence-electron chi connectivity index (χ2n) is 4.84. The van der Waals surface area contributed by atoms with Crippen LogP contribution in [0.1, 0.15) is 36.9 Å². The Balaban J connectivity index is 1.89. The predicted octanol–water partition coefficient (Wildman–Crippen LogP) is 2.23. The molecule has 0 aliphatic heterocycles. The van der Waals surface area contributed by atoms with Gasteiger partial charge >= 0.3 is 0 Å². The maximum Gasteiger partial charge on any atom is 0.133 e. The lowest BCUT2D eigenvalue weighted by Gasteiger charge is -2.21. The molecule has 0 aromatic carbocycles. The Hall–Kier alpha value is -1.62. The van der Waals surface area contributed by atoms with Gasteiger partial charge in [-0.3, -0.25) is 4.68 Å². The Kier molecular flexibility index (Phi) is 3.81. The normalized spacial score (nSPS) is 14.7. The zero-order valence-corrected chi connectivity index (χ0v) is 11.3. The summed E-state index contributed by atoms with van der Waals surface area (Å²) in [6.07, 6.45) is 3.94. The number of rotatable bonds is 5. The molecule has 2 aromatic rings. The van der Waals surface area contributed by atoms with Crippen molar-refractivity contribution in [2.75, 3.05) is 0 Å². The summed E-state index contributed by atoms with van der Waals surface area (Å²) in [5.41, 5.74) is 2.12. The van der Waals surface area contributed by atoms with Crippen molar-refractivity contribution in [3.05, 3.63) is 35.5 Å². The third kappa shape index (κ3) is 2.98. The van der Waals surface area contributed by atoms with E-state index in [1.165, 1.54) is 5.56 Å². The van der Waals surface area contributed by atoms with E-state index in [1.54, 1.807) is 0 Å². The molecule has 1 N–H and O–H groups in total. The monoisotopic (exact) mass is 248 g/mol. The van der Waals surface area contributed by atoms with Gasteiger partial charge in [0.15, 0.2) is 0 Å². The summed E-state index contributed by atoms with van der Waals surface area (Å²) >= 11 is 0. The van der Waals surface area contributed by atoms with E-state index in [9.17, 15) is 0 Å². The molecule has 2 heterocycles. The van der Waals surface area contributed by atoms with E-state index in [-0.39, 0.29) is 0 Å². The topological polar surface area (TPSA) is 55.9 Å². The van der Waals surface area contributed by atoms with Crippen LogP contribution in [0.2, 0.25) is 0 Å². The first-order valence-electron chi connectivity index (χ1n) is 6.22. The van der Waals surface area contributed by atoms with Gasteiger partial charge in [0.25, 0.3) is 0 Å². The molecule has 0 spiro atoms. The average Bonchev–Trinajstić information content (AvgIpc) is 2.94. The SMILES string of the molecule is Cc1cnn([C@@H](C)[C@@H](C)NCc2cc(C)on2)c1. The van der Waals surface area contributed by atoms with Gasteiger partial charge in [-0.05, 0) is 33.3 Å². The summed E-state index contributed by atoms with van der Waals surface area (Å²) in [5, 5.41) is 11.7. The fourth-order valence-electron chi connectivity index (χ4n) is 1.82. The van der Waals surface area contributed by atoms with Crippen LogP contribution in [0.25, 0.3) is 0 Å². The zero-order chi connectivity index (χ0) is 13.1. The first kappa shape index (κ1) is 12.8. The molecular weight excluding hydrogens is 228 g/mol. The molecule has 5 heteroatoms. The minimum atomic E-state index is 0.298. The minimum absolute atomic E-state index is 0.298. The highest BCUT2D eigenvalue weighted by atomic mass is 16.5. The molecule has 0 radical (unpaired) electrons. The molecule has 98 valence electrons. The van der Waals surface area contributed by atoms with Crippen LogP contribution in [0.3, 0.4) is 0 Å². The maximum absolute atomic E-state index is 5.04. The first-order valence-corrected chi connectivity index (χ1v) is 6.22. The Bertz CT molecular complexity index is 503. The number of hydrogen-bond acceptors (Lipinski definition) is 4. The molecular formula is C13H20N4O. The number of aromatic nitrogens is 3. The lowest BCUT2D eigenvalue weighted by molar-refractivity contribution is 0.353. The second-order valence-corrected chi connectivity index (χ2v) is 4.84. The lowest BCUT2D eigenvalue weighted by atomic mass is 10.1. The van der Waals surface area contributed by atoms with Crippen molar-refractivity contribution >= 4 is 0 Å². The molecule has 2 aromatic heterocycles. The van der Waals surface area contributed by atoms with Gasteiger partial charge < -0.3 is 9.84 Å². The van der Waals surface area contributed by atoms with Gasteiger partial charge in [0.2, 0.25) is 0 Å². The fraction of sp³-hybridized carbons (Fsp3) is 0.538. The standard InChI is InChI=1S/C13H20N4O/c1-9-6-15-17(8-9)12(4)11(3)14-7-13-5-10(2)18-16-13/h5-6,8,11-12,14H,7H2,1-4H3/t11-,12+/m1/s1. The van der Waals surface area contributed by atoms with E-state index >= 15 is 0 Å². The predicted molar refractivity (Wildman–Crippen MR) is 69.2 cm³/mol. The van der Waals surface area contributed by atoms with E-state index in [1.807, 2.05) is 30.8 Å². The largest absolute Gasteiger partial charge is 0.361 e. The quantitative estimate of drug-likeness (QED) is 0.881. The maximum atomic E-state index is 5.04. The van der Waals surface area contributed by atoms with Crippen molar-refractivity contribution < 1.29 is 4.52 Å². The van der Waals surface area contributed by atoms with Crippen LogP contribution in [-0.2, 0) is 6.54 Å². The summed E-state index contributed by atoms with van der Waals surface area (Å²) in [6.45, 7) is 8.96. The van der Waals surface area contributed by atoms with E-state index in [0.717, 1.165) is 11.5 Å². The van der Waals surface area contributed by atoms with Crippen LogP contribution >= 0.6 is 0 Å². The molecule has 0 fully saturated rings. The van der Waals surface area contributed by atoms with Crippen molar-refractivity contribution in [2.24, 2.45) is 0 Å². The molecule has 0 saturated carbocycles. The molecule has 2 atom stereocenters. The van der Waals surface area contributed by atoms with Crippen molar-refractivity contribution in [3.63, 3.8) is 0 Å². The molecule has 0 bridgehead atoms. The number of aryl methyl sites for hydroxylation is 2. The summed E-state index contributed by atoms with van der Waals surface area (Å²) < 4.78 is 7.02. The van der Waals surface area contributed by atoms with Crippen LogP contribution < -0.4 is 5.32 Å². The number of nitrogens with one attached hydrogen (secondary N) is 1. The molecule has 18 heavy (non-hydrogen) atoms. The summed E-state index contributed by atoms with van der Waals surface area (Å²) in [4.78, 5) is 0. The Morgan fingerprint density at radius 1 is 1.39 bits per heavy atom. The fourth-order valence-corrected chi connectivity index (χ4v) is 1.82. The van der Waals surface area contributed by atoms with Crippen LogP contribution in [0.4, 0.5) is 0 Å². The molecule has 0 saturated heterocycles. The van der Waals surface area contributed by atoms with Gasteiger partial charge in [-0.1, -0.05) is 5.16 Å². The highest BCUT2D eigenvalue weighted by molar-refractivity contribution is 5.04. The van der Waals surface area contributed by atoms with Crippen LogP contribution in [-0.4, -0.2) is 21.0 Å². The van der Waals surface area contributed by atoms with Gasteiger partial charge in [-0.2, -0.15) is 5.10 Å². The van der Waals surface area contributed by atoms with Crippen LogP contribution in [0.5, 0.6) is 0 Å². The summed E-state index contributed by atoms with van der Waals surface area (Å²) in [6, 6.07) is 2.55. The highest BCUT2D eigenvalue weighted by Crippen LogP contribution is 2.11. The highest BCUT2D eigenvalue weighted by Gasteiger charge is 2.14. The van der Waals surface area contributed by atoms with Gasteiger partial charge in [0, 0.05) is 24.8 Å². The molecule has 0 unspecified atom stereocenters. The van der Waals surface area contributed by atoms with Gasteiger partial charge in [0.05, 0.1) is 17.9 Å². The first-order chi connectivity index (χ1) is 8.56. The van der Waals surface area contributed by atoms with E-state index in [2.05, 4.69) is 35.6 Å². The van der Waals surface area contributed by atoms with Gasteiger partial charge in [-0.25, -0.2) is 0 Å². The third-order valence-corrected chi connectivity index (χ3v) is 3.15. The van der Waals surface area contributed by atoms with Crippen molar-refractivity contribution in [1.29, 1.82) is 0 Å². The van der Waals surface area contributed by atoms with Crippen molar-refractivity contribution in [2.45, 2.75) is 46.3 Å². The van der Waals surface area contributed by atoms with Gasteiger partial charge in [0.1, 0.15) is 5.76 Å². The molecule has 2 rings (SSSR count). The molecule has 0 amide bonds. The smallest absolute Gasteiger partial charge is 0.133 e. The van der Waals surface area contributed by atoms with E-state index in [4.69, 9.17) is 4.52 Å². The Labute approximate surface area is 107 Å². The summed E-state index contributed by atoms with van der Waals surface area (Å²) in [7, 11) is 0. The molecule has 0 aliphatic rings. The number of hydrogen-bond donors (Lipinski definition) is 1. The van der Waals surface area contributed by atoms with Crippen molar-refractivity contribution in [3.8, 4) is 0 Å². The van der Waals surface area contributed by atoms with Crippen LogP contribution in [0.15, 0.2) is 23.0 Å². The number of nitrogens with zero attached hydrogens (tertiary/aromatic N) is 3. The lowest BCUT2D eigenvalue weighted by Crippen LogP contribution is -2.33. The van der Waals surface area contributed by atoms with Crippen LogP contribution in [0, 0.1) is 13.8 Å². The zero-order valence-electron chi connectivity index (χ0n) is 11.3. The van der Waals surface area contributed by atoms with Gasteiger partial charge in [-0.15, -0.1) is 0 Å².